The molecule has 90 valence electrons. The quantitative estimate of drug-likeness (QED) is 0.946. The van der Waals surface area contributed by atoms with Gasteiger partial charge >= 0.3 is 0 Å². The van der Waals surface area contributed by atoms with E-state index >= 15 is 0 Å². The van der Waals surface area contributed by atoms with Gasteiger partial charge in [-0.2, -0.15) is 0 Å². The zero-order chi connectivity index (χ0) is 12.4. The molecule has 0 saturated carbocycles. The molecule has 2 rings (SSSR count). The average molecular weight is 299 g/mol. The first kappa shape index (κ1) is 12.2. The van der Waals surface area contributed by atoms with Gasteiger partial charge in [-0.05, 0) is 25.1 Å². The molecule has 0 aliphatic heterocycles. The largest absolute Gasteiger partial charge is 0.324 e. The summed E-state index contributed by atoms with van der Waals surface area (Å²) >= 11 is 3.32. The van der Waals surface area contributed by atoms with E-state index in [1.807, 2.05) is 11.5 Å². The average Bonchev–Trinajstić information content (AvgIpc) is 2.74. The summed E-state index contributed by atoms with van der Waals surface area (Å²) in [6, 6.07) is 4.73. The van der Waals surface area contributed by atoms with Crippen LogP contribution >= 0.6 is 15.9 Å². The number of nitrogens with two attached hydrogens (primary N) is 1. The maximum atomic E-state index is 13.8. The summed E-state index contributed by atoms with van der Waals surface area (Å²) in [6.45, 7) is 2.89. The normalized spacial score (nSPS) is 10.8. The first-order valence-corrected chi connectivity index (χ1v) is 6.04. The summed E-state index contributed by atoms with van der Waals surface area (Å²) in [7, 11) is 0. The molecular weight excluding hydrogens is 287 g/mol. The second-order valence-corrected chi connectivity index (χ2v) is 4.43. The van der Waals surface area contributed by atoms with Crippen LogP contribution in [0.25, 0.3) is 11.4 Å². The van der Waals surface area contributed by atoms with Crippen molar-refractivity contribution in [2.24, 2.45) is 5.73 Å². The van der Waals surface area contributed by atoms with Crippen molar-refractivity contribution in [2.45, 2.75) is 20.0 Å². The number of rotatable bonds is 3. The Morgan fingerprint density at radius 3 is 2.82 bits per heavy atom. The Labute approximate surface area is 107 Å². The third kappa shape index (κ3) is 2.23. The van der Waals surface area contributed by atoms with Crippen LogP contribution in [-0.4, -0.2) is 14.8 Å². The van der Waals surface area contributed by atoms with E-state index in [1.165, 1.54) is 6.07 Å². The SMILES string of the molecule is CCn1c(CN)nnc1-c1cc(Br)ccc1F. The lowest BCUT2D eigenvalue weighted by atomic mass is 10.2. The van der Waals surface area contributed by atoms with E-state index in [9.17, 15) is 4.39 Å². The molecule has 2 aromatic rings. The fourth-order valence-corrected chi connectivity index (χ4v) is 2.05. The Morgan fingerprint density at radius 2 is 2.18 bits per heavy atom. The minimum Gasteiger partial charge on any atom is -0.324 e. The molecule has 17 heavy (non-hydrogen) atoms. The summed E-state index contributed by atoms with van der Waals surface area (Å²) in [5.74, 6) is 0.840. The number of hydrogen-bond donors (Lipinski definition) is 1. The molecule has 0 aliphatic rings. The number of aromatic nitrogens is 3. The molecular formula is C11H12BrFN4. The Balaban J connectivity index is 2.59. The first-order valence-electron chi connectivity index (χ1n) is 5.25. The van der Waals surface area contributed by atoms with Crippen LogP contribution in [0.3, 0.4) is 0 Å². The highest BCUT2D eigenvalue weighted by Gasteiger charge is 2.15. The van der Waals surface area contributed by atoms with Crippen LogP contribution in [0.5, 0.6) is 0 Å². The number of halogens is 2. The second-order valence-electron chi connectivity index (χ2n) is 3.51. The molecule has 0 spiro atoms. The number of hydrogen-bond acceptors (Lipinski definition) is 3. The standard InChI is InChI=1S/C11H12BrFN4/c1-2-17-10(6-14)15-16-11(17)8-5-7(12)3-4-9(8)13/h3-5H,2,6,14H2,1H3. The number of benzene rings is 1. The molecule has 0 radical (unpaired) electrons. The summed E-state index contributed by atoms with van der Waals surface area (Å²) in [6.07, 6.45) is 0. The summed E-state index contributed by atoms with van der Waals surface area (Å²) < 4.78 is 16.4. The van der Waals surface area contributed by atoms with Gasteiger partial charge in [-0.3, -0.25) is 0 Å². The highest BCUT2D eigenvalue weighted by Crippen LogP contribution is 2.25. The van der Waals surface area contributed by atoms with Crippen molar-refractivity contribution < 1.29 is 4.39 Å². The molecule has 0 bridgehead atoms. The Morgan fingerprint density at radius 1 is 1.41 bits per heavy atom. The van der Waals surface area contributed by atoms with Crippen molar-refractivity contribution in [2.75, 3.05) is 0 Å². The lowest BCUT2D eigenvalue weighted by molar-refractivity contribution is 0.625. The zero-order valence-corrected chi connectivity index (χ0v) is 10.9. The van der Waals surface area contributed by atoms with Gasteiger partial charge in [0.25, 0.3) is 0 Å². The van der Waals surface area contributed by atoms with E-state index < -0.39 is 0 Å². The lowest BCUT2D eigenvalue weighted by Gasteiger charge is -2.07. The highest BCUT2D eigenvalue weighted by atomic mass is 79.9. The minimum absolute atomic E-state index is 0.288. The fraction of sp³-hybridized carbons (Fsp3) is 0.273. The molecule has 4 nitrogen and oxygen atoms in total. The van der Waals surface area contributed by atoms with Gasteiger partial charge in [-0.15, -0.1) is 10.2 Å². The van der Waals surface area contributed by atoms with Crippen LogP contribution in [0.2, 0.25) is 0 Å². The van der Waals surface area contributed by atoms with Gasteiger partial charge in [-0.25, -0.2) is 4.39 Å². The Kier molecular flexibility index (Phi) is 3.54. The summed E-state index contributed by atoms with van der Waals surface area (Å²) in [4.78, 5) is 0. The predicted octanol–water partition coefficient (Wildman–Crippen LogP) is 2.33. The lowest BCUT2D eigenvalue weighted by Crippen LogP contribution is -2.08. The van der Waals surface area contributed by atoms with Crippen LogP contribution in [0.4, 0.5) is 4.39 Å². The third-order valence-corrected chi connectivity index (χ3v) is 2.99. The van der Waals surface area contributed by atoms with Gasteiger partial charge in [-0.1, -0.05) is 15.9 Å². The maximum absolute atomic E-state index is 13.8. The summed E-state index contributed by atoms with van der Waals surface area (Å²) in [5.41, 5.74) is 5.98. The van der Waals surface area contributed by atoms with Crippen LogP contribution in [0, 0.1) is 5.82 Å². The molecule has 2 N–H and O–H groups in total. The van der Waals surface area contributed by atoms with Crippen molar-refractivity contribution in [3.8, 4) is 11.4 Å². The molecule has 1 aromatic heterocycles. The van der Waals surface area contributed by atoms with E-state index in [4.69, 9.17) is 5.73 Å². The monoisotopic (exact) mass is 298 g/mol. The van der Waals surface area contributed by atoms with Gasteiger partial charge < -0.3 is 10.3 Å². The van der Waals surface area contributed by atoms with Crippen LogP contribution in [0.15, 0.2) is 22.7 Å². The van der Waals surface area contributed by atoms with Gasteiger partial charge in [0, 0.05) is 11.0 Å². The maximum Gasteiger partial charge on any atom is 0.166 e. The molecule has 6 heteroatoms. The molecule has 0 saturated heterocycles. The van der Waals surface area contributed by atoms with Crippen molar-refractivity contribution in [1.82, 2.24) is 14.8 Å². The van der Waals surface area contributed by atoms with Crippen molar-refractivity contribution >= 4 is 15.9 Å². The number of nitrogens with zero attached hydrogens (tertiary/aromatic N) is 3. The molecule has 1 heterocycles. The van der Waals surface area contributed by atoms with Crippen LogP contribution < -0.4 is 5.73 Å². The van der Waals surface area contributed by atoms with Crippen LogP contribution in [-0.2, 0) is 13.1 Å². The van der Waals surface area contributed by atoms with E-state index in [0.29, 0.717) is 23.8 Å². The van der Waals surface area contributed by atoms with E-state index in [2.05, 4.69) is 26.1 Å². The van der Waals surface area contributed by atoms with Gasteiger partial charge in [0.1, 0.15) is 11.6 Å². The fourth-order valence-electron chi connectivity index (χ4n) is 1.69. The van der Waals surface area contributed by atoms with E-state index in [-0.39, 0.29) is 12.4 Å². The van der Waals surface area contributed by atoms with Crippen molar-refractivity contribution in [1.29, 1.82) is 0 Å². The zero-order valence-electron chi connectivity index (χ0n) is 9.32. The topological polar surface area (TPSA) is 56.7 Å². The molecule has 0 aliphatic carbocycles. The van der Waals surface area contributed by atoms with E-state index in [0.717, 1.165) is 4.47 Å². The Hall–Kier alpha value is -1.27. The predicted molar refractivity (Wildman–Crippen MR) is 66.7 cm³/mol. The smallest absolute Gasteiger partial charge is 0.166 e. The molecule has 1 aromatic carbocycles. The van der Waals surface area contributed by atoms with Gasteiger partial charge in [0.15, 0.2) is 5.82 Å². The highest BCUT2D eigenvalue weighted by molar-refractivity contribution is 9.10. The first-order chi connectivity index (χ1) is 8.17. The van der Waals surface area contributed by atoms with Crippen LogP contribution in [0.1, 0.15) is 12.7 Å². The second kappa shape index (κ2) is 4.93. The van der Waals surface area contributed by atoms with Gasteiger partial charge in [0.05, 0.1) is 12.1 Å². The molecule has 0 fully saturated rings. The minimum atomic E-state index is -0.320. The van der Waals surface area contributed by atoms with Crippen molar-refractivity contribution in [3.05, 3.63) is 34.3 Å². The van der Waals surface area contributed by atoms with Gasteiger partial charge in [0.2, 0.25) is 0 Å². The van der Waals surface area contributed by atoms with E-state index in [1.54, 1.807) is 12.1 Å². The Bertz CT molecular complexity index is 538. The molecule has 0 unspecified atom stereocenters. The molecule has 0 atom stereocenters. The van der Waals surface area contributed by atoms with Crippen molar-refractivity contribution in [3.63, 3.8) is 0 Å². The summed E-state index contributed by atoms with van der Waals surface area (Å²) in [5, 5.41) is 7.96. The molecule has 0 amide bonds. The third-order valence-electron chi connectivity index (χ3n) is 2.50.